The molecular weight excluding hydrogens is 250 g/mol. The Kier molecular flexibility index (Phi) is 5.71. The molecule has 98 valence electrons. The summed E-state index contributed by atoms with van der Waals surface area (Å²) in [5.74, 6) is 0.296. The molecule has 0 saturated carbocycles. The Morgan fingerprint density at radius 3 is 2.44 bits per heavy atom. The monoisotopic (exact) mass is 267 g/mol. The maximum absolute atomic E-state index is 11.9. The zero-order valence-corrected chi connectivity index (χ0v) is 11.5. The van der Waals surface area contributed by atoms with Crippen molar-refractivity contribution in [2.75, 3.05) is 12.0 Å². The van der Waals surface area contributed by atoms with E-state index in [0.717, 1.165) is 5.56 Å². The van der Waals surface area contributed by atoms with E-state index in [4.69, 9.17) is 4.74 Å². The van der Waals surface area contributed by atoms with Gasteiger partial charge in [0.25, 0.3) is 0 Å². The average Bonchev–Trinajstić information content (AvgIpc) is 2.31. The van der Waals surface area contributed by atoms with Crippen molar-refractivity contribution in [1.82, 2.24) is 5.32 Å². The fourth-order valence-corrected chi connectivity index (χ4v) is 1.93. The molecule has 0 fully saturated rings. The molecule has 0 saturated heterocycles. The predicted molar refractivity (Wildman–Crippen MR) is 72.8 cm³/mol. The molecule has 1 aromatic rings. The van der Waals surface area contributed by atoms with Crippen molar-refractivity contribution in [2.45, 2.75) is 19.9 Å². The molecule has 1 unspecified atom stereocenters. The molecule has 0 heterocycles. The number of rotatable bonds is 5. The first-order valence-corrected chi connectivity index (χ1v) is 6.96. The van der Waals surface area contributed by atoms with E-state index in [0.29, 0.717) is 11.5 Å². The van der Waals surface area contributed by atoms with Gasteiger partial charge in [0.05, 0.1) is 0 Å². The zero-order chi connectivity index (χ0) is 13.5. The molecule has 1 atom stereocenters. The quantitative estimate of drug-likeness (QED) is 0.652. The van der Waals surface area contributed by atoms with E-state index < -0.39 is 12.0 Å². The van der Waals surface area contributed by atoms with Crippen LogP contribution in [0.1, 0.15) is 12.5 Å². The largest absolute Gasteiger partial charge is 0.425 e. The summed E-state index contributed by atoms with van der Waals surface area (Å²) in [5.41, 5.74) is 1.09. The molecule has 0 spiro atoms. The van der Waals surface area contributed by atoms with Crippen LogP contribution in [0.15, 0.2) is 24.3 Å². The number of esters is 1. The molecule has 0 aliphatic rings. The van der Waals surface area contributed by atoms with E-state index in [1.54, 1.807) is 12.1 Å². The number of benzene rings is 1. The first-order chi connectivity index (χ1) is 8.52. The average molecular weight is 267 g/mol. The smallest absolute Gasteiger partial charge is 0.334 e. The Morgan fingerprint density at radius 1 is 1.33 bits per heavy atom. The van der Waals surface area contributed by atoms with Crippen molar-refractivity contribution >= 4 is 23.6 Å². The number of hydrogen-bond acceptors (Lipinski definition) is 4. The van der Waals surface area contributed by atoms with Gasteiger partial charge >= 0.3 is 5.97 Å². The lowest BCUT2D eigenvalue weighted by Crippen LogP contribution is -2.43. The van der Waals surface area contributed by atoms with Crippen LogP contribution in [0, 0.1) is 6.92 Å². The van der Waals surface area contributed by atoms with Crippen molar-refractivity contribution in [3.05, 3.63) is 29.8 Å². The summed E-state index contributed by atoms with van der Waals surface area (Å²) in [6.07, 6.45) is 1.87. The number of aryl methyl sites for hydroxylation is 1. The second kappa shape index (κ2) is 7.06. The fourth-order valence-electron chi connectivity index (χ4n) is 1.37. The zero-order valence-electron chi connectivity index (χ0n) is 10.7. The lowest BCUT2D eigenvalue weighted by atomic mass is 10.2. The van der Waals surface area contributed by atoms with E-state index in [1.165, 1.54) is 18.7 Å². The van der Waals surface area contributed by atoms with Crippen LogP contribution in [-0.2, 0) is 9.59 Å². The minimum atomic E-state index is -0.612. The van der Waals surface area contributed by atoms with Gasteiger partial charge in [0.2, 0.25) is 5.91 Å². The molecule has 0 aliphatic carbocycles. The third-order valence-corrected chi connectivity index (χ3v) is 2.90. The Balaban J connectivity index is 2.65. The number of carbonyl (C=O) groups excluding carboxylic acids is 2. The lowest BCUT2D eigenvalue weighted by molar-refractivity contribution is -0.138. The maximum Gasteiger partial charge on any atom is 0.334 e. The van der Waals surface area contributed by atoms with Crippen molar-refractivity contribution < 1.29 is 14.3 Å². The molecule has 0 aromatic heterocycles. The molecule has 4 nitrogen and oxygen atoms in total. The van der Waals surface area contributed by atoms with Crippen LogP contribution in [0.2, 0.25) is 0 Å². The van der Waals surface area contributed by atoms with Crippen LogP contribution in [0.5, 0.6) is 5.75 Å². The number of ether oxygens (including phenoxy) is 1. The molecule has 1 N–H and O–H groups in total. The Morgan fingerprint density at radius 2 is 1.94 bits per heavy atom. The number of thioether (sulfide) groups is 1. The van der Waals surface area contributed by atoms with Crippen LogP contribution in [0.25, 0.3) is 0 Å². The molecule has 5 heteroatoms. The summed E-state index contributed by atoms with van der Waals surface area (Å²) in [5, 5.41) is 2.58. The van der Waals surface area contributed by atoms with Gasteiger partial charge in [0.15, 0.2) is 0 Å². The van der Waals surface area contributed by atoms with Crippen LogP contribution < -0.4 is 10.1 Å². The summed E-state index contributed by atoms with van der Waals surface area (Å²) in [7, 11) is 0. The molecule has 0 aliphatic heterocycles. The van der Waals surface area contributed by atoms with Crippen molar-refractivity contribution in [3.8, 4) is 5.75 Å². The first kappa shape index (κ1) is 14.6. The van der Waals surface area contributed by atoms with Gasteiger partial charge in [-0.1, -0.05) is 17.7 Å². The number of amides is 1. The highest BCUT2D eigenvalue weighted by atomic mass is 32.2. The SMILES string of the molecule is CSCC(NC(C)=O)C(=O)Oc1ccc(C)cc1. The van der Waals surface area contributed by atoms with Crippen LogP contribution in [0.4, 0.5) is 0 Å². The van der Waals surface area contributed by atoms with Crippen molar-refractivity contribution in [1.29, 1.82) is 0 Å². The van der Waals surface area contributed by atoms with Gasteiger partial charge in [-0.05, 0) is 25.3 Å². The van der Waals surface area contributed by atoms with Gasteiger partial charge in [-0.3, -0.25) is 4.79 Å². The van der Waals surface area contributed by atoms with Gasteiger partial charge in [-0.25, -0.2) is 4.79 Å². The summed E-state index contributed by atoms with van der Waals surface area (Å²) in [6, 6.07) is 6.59. The highest BCUT2D eigenvalue weighted by Gasteiger charge is 2.20. The van der Waals surface area contributed by atoms with Crippen molar-refractivity contribution in [2.24, 2.45) is 0 Å². The molecule has 0 bridgehead atoms. The van der Waals surface area contributed by atoms with Gasteiger partial charge < -0.3 is 10.1 Å². The molecule has 1 rings (SSSR count). The number of nitrogens with one attached hydrogen (secondary N) is 1. The second-order valence-electron chi connectivity index (χ2n) is 3.94. The molecule has 1 aromatic carbocycles. The lowest BCUT2D eigenvalue weighted by Gasteiger charge is -2.15. The summed E-state index contributed by atoms with van der Waals surface area (Å²) >= 11 is 1.48. The van der Waals surface area contributed by atoms with Gasteiger partial charge in [-0.15, -0.1) is 0 Å². The second-order valence-corrected chi connectivity index (χ2v) is 4.85. The number of hydrogen-bond donors (Lipinski definition) is 1. The third kappa shape index (κ3) is 4.79. The van der Waals surface area contributed by atoms with Gasteiger partial charge in [0, 0.05) is 12.7 Å². The van der Waals surface area contributed by atoms with Crippen molar-refractivity contribution in [3.63, 3.8) is 0 Å². The minimum absolute atomic E-state index is 0.241. The van der Waals surface area contributed by atoms with Gasteiger partial charge in [0.1, 0.15) is 11.8 Å². The molecule has 0 radical (unpaired) electrons. The summed E-state index contributed by atoms with van der Waals surface area (Å²) in [6.45, 7) is 3.34. The topological polar surface area (TPSA) is 55.4 Å². The van der Waals surface area contributed by atoms with Gasteiger partial charge in [-0.2, -0.15) is 11.8 Å². The molecular formula is C13H17NO3S. The standard InChI is InChI=1S/C13H17NO3S/c1-9-4-6-11(7-5-9)17-13(16)12(8-18-3)14-10(2)15/h4-7,12H,8H2,1-3H3,(H,14,15). The van der Waals surface area contributed by atoms with E-state index >= 15 is 0 Å². The summed E-state index contributed by atoms with van der Waals surface area (Å²) < 4.78 is 5.22. The molecule has 18 heavy (non-hydrogen) atoms. The van der Waals surface area contributed by atoms with E-state index in [9.17, 15) is 9.59 Å². The highest BCUT2D eigenvalue weighted by Crippen LogP contribution is 2.12. The number of carbonyl (C=O) groups is 2. The van der Waals surface area contributed by atoms with E-state index in [1.807, 2.05) is 25.3 Å². The highest BCUT2D eigenvalue weighted by molar-refractivity contribution is 7.98. The molecule has 1 amide bonds. The first-order valence-electron chi connectivity index (χ1n) is 5.57. The fraction of sp³-hybridized carbons (Fsp3) is 0.385. The van der Waals surface area contributed by atoms with E-state index in [2.05, 4.69) is 5.32 Å². The van der Waals surface area contributed by atoms with Crippen LogP contribution in [0.3, 0.4) is 0 Å². The maximum atomic E-state index is 11.9. The van der Waals surface area contributed by atoms with Crippen LogP contribution in [-0.4, -0.2) is 29.9 Å². The Labute approximate surface area is 111 Å². The minimum Gasteiger partial charge on any atom is -0.425 e. The predicted octanol–water partition coefficient (Wildman–Crippen LogP) is 1.77. The Hall–Kier alpha value is -1.49. The van der Waals surface area contributed by atoms with Crippen LogP contribution >= 0.6 is 11.8 Å². The normalized spacial score (nSPS) is 11.7. The van der Waals surface area contributed by atoms with E-state index in [-0.39, 0.29) is 5.91 Å². The Bertz CT molecular complexity index is 417. The third-order valence-electron chi connectivity index (χ3n) is 2.23. The summed E-state index contributed by atoms with van der Waals surface area (Å²) in [4.78, 5) is 22.9.